The zero-order chi connectivity index (χ0) is 23.4. The summed E-state index contributed by atoms with van der Waals surface area (Å²) in [6.07, 6.45) is 0.148. The summed E-state index contributed by atoms with van der Waals surface area (Å²) in [6.45, 7) is 1.97. The van der Waals surface area contributed by atoms with Gasteiger partial charge >= 0.3 is 12.1 Å². The van der Waals surface area contributed by atoms with Crippen LogP contribution in [0.2, 0.25) is 0 Å². The van der Waals surface area contributed by atoms with Gasteiger partial charge in [0.25, 0.3) is 0 Å². The summed E-state index contributed by atoms with van der Waals surface area (Å²) in [5, 5.41) is 14.2. The van der Waals surface area contributed by atoms with Crippen molar-refractivity contribution in [3.63, 3.8) is 0 Å². The van der Waals surface area contributed by atoms with E-state index >= 15 is 0 Å². The molecule has 4 N–H and O–H groups in total. The zero-order valence-electron chi connectivity index (χ0n) is 18.0. The number of hydrogen-bond acceptors (Lipinski definition) is 5. The molecule has 1 aliphatic carbocycles. The van der Waals surface area contributed by atoms with Gasteiger partial charge in [0.05, 0.1) is 24.9 Å². The molecule has 9 heteroatoms. The van der Waals surface area contributed by atoms with E-state index in [1.165, 1.54) is 0 Å². The molecule has 0 saturated heterocycles. The normalized spacial score (nSPS) is 13.0. The number of amides is 2. The molecule has 9 nitrogen and oxygen atoms in total. The third kappa shape index (κ3) is 5.03. The van der Waals surface area contributed by atoms with Crippen LogP contribution in [0.3, 0.4) is 0 Å². The minimum atomic E-state index is -1.28. The molecular formula is C24H24N4O5. The fraction of sp³-hybridized carbons (Fsp3) is 0.250. The third-order valence-electron chi connectivity index (χ3n) is 5.54. The Morgan fingerprint density at radius 1 is 1.09 bits per heavy atom. The van der Waals surface area contributed by atoms with E-state index in [9.17, 15) is 14.4 Å². The number of imidazole rings is 1. The maximum atomic E-state index is 12.5. The largest absolute Gasteiger partial charge is 0.481 e. The predicted octanol–water partition coefficient (Wildman–Crippen LogP) is 2.72. The molecule has 2 aromatic carbocycles. The molecular weight excluding hydrogens is 424 g/mol. The molecule has 1 aliphatic rings. The van der Waals surface area contributed by atoms with Gasteiger partial charge in [-0.1, -0.05) is 48.5 Å². The number of aryl methyl sites for hydroxylation is 1. The summed E-state index contributed by atoms with van der Waals surface area (Å²) in [7, 11) is 0. The van der Waals surface area contributed by atoms with Crippen LogP contribution >= 0.6 is 0 Å². The lowest BCUT2D eigenvalue weighted by molar-refractivity contribution is -0.139. The summed E-state index contributed by atoms with van der Waals surface area (Å²) >= 11 is 0. The van der Waals surface area contributed by atoms with Gasteiger partial charge in [0.2, 0.25) is 5.91 Å². The number of nitrogens with zero attached hydrogens (tertiary/aromatic N) is 1. The summed E-state index contributed by atoms with van der Waals surface area (Å²) in [4.78, 5) is 43.2. The summed E-state index contributed by atoms with van der Waals surface area (Å²) in [6, 6.07) is 14.6. The van der Waals surface area contributed by atoms with Crippen molar-refractivity contribution in [3.8, 4) is 11.1 Å². The van der Waals surface area contributed by atoms with Crippen molar-refractivity contribution in [3.05, 3.63) is 77.4 Å². The van der Waals surface area contributed by atoms with Gasteiger partial charge in [0.1, 0.15) is 18.5 Å². The number of ether oxygens (including phenoxy) is 1. The molecule has 0 radical (unpaired) electrons. The summed E-state index contributed by atoms with van der Waals surface area (Å²) in [5.41, 5.74) is 4.97. The molecule has 0 aliphatic heterocycles. The number of aromatic amines is 1. The van der Waals surface area contributed by atoms with Crippen molar-refractivity contribution in [2.45, 2.75) is 31.8 Å². The van der Waals surface area contributed by atoms with E-state index in [0.717, 1.165) is 22.3 Å². The maximum absolute atomic E-state index is 12.5. The smallest absolute Gasteiger partial charge is 0.407 e. The van der Waals surface area contributed by atoms with Crippen LogP contribution in [-0.2, 0) is 20.9 Å². The number of benzene rings is 2. The Labute approximate surface area is 190 Å². The van der Waals surface area contributed by atoms with E-state index in [0.29, 0.717) is 11.5 Å². The minimum absolute atomic E-state index is 0.0642. The molecule has 1 atom stereocenters. The van der Waals surface area contributed by atoms with Crippen LogP contribution in [0.15, 0.2) is 54.7 Å². The lowest BCUT2D eigenvalue weighted by Crippen LogP contribution is -2.48. The third-order valence-corrected chi connectivity index (χ3v) is 5.54. The number of fused-ring (bicyclic) bond motifs is 3. The average molecular weight is 448 g/mol. The summed E-state index contributed by atoms with van der Waals surface area (Å²) in [5.74, 6) is -1.29. The van der Waals surface area contributed by atoms with Gasteiger partial charge in [-0.3, -0.25) is 9.59 Å². The van der Waals surface area contributed by atoms with Crippen LogP contribution in [0.4, 0.5) is 4.79 Å². The standard InChI is InChI=1S/C24H24N4O5/c1-14-25-11-15(27-14)12-26-23(31)21(10-22(29)30)28-24(32)33-13-20-18-8-4-2-6-16(18)17-7-3-5-9-19(17)20/h2-9,11,20-21H,10,12-13H2,1H3,(H,25,27)(H,26,31)(H,28,32)(H,29,30). The molecule has 3 aromatic rings. The molecule has 0 bridgehead atoms. The Morgan fingerprint density at radius 3 is 2.30 bits per heavy atom. The Morgan fingerprint density at radius 2 is 1.73 bits per heavy atom. The number of carboxylic acid groups (broad SMARTS) is 1. The first kappa shape index (κ1) is 22.1. The van der Waals surface area contributed by atoms with Crippen molar-refractivity contribution in [2.24, 2.45) is 0 Å². The molecule has 2 amide bonds. The molecule has 0 fully saturated rings. The van der Waals surface area contributed by atoms with E-state index in [4.69, 9.17) is 9.84 Å². The van der Waals surface area contributed by atoms with Gasteiger partial charge < -0.3 is 25.5 Å². The highest BCUT2D eigenvalue weighted by Crippen LogP contribution is 2.44. The van der Waals surface area contributed by atoms with Crippen molar-refractivity contribution >= 4 is 18.0 Å². The fourth-order valence-electron chi connectivity index (χ4n) is 4.03. The summed E-state index contributed by atoms with van der Waals surface area (Å²) < 4.78 is 5.43. The molecule has 0 saturated carbocycles. The van der Waals surface area contributed by atoms with Crippen LogP contribution in [0.5, 0.6) is 0 Å². The second-order valence-corrected chi connectivity index (χ2v) is 7.83. The van der Waals surface area contributed by atoms with Crippen LogP contribution < -0.4 is 10.6 Å². The zero-order valence-corrected chi connectivity index (χ0v) is 18.0. The highest BCUT2D eigenvalue weighted by Gasteiger charge is 2.30. The topological polar surface area (TPSA) is 133 Å². The number of H-pyrrole nitrogens is 1. The molecule has 4 rings (SSSR count). The first-order valence-electron chi connectivity index (χ1n) is 10.5. The highest BCUT2D eigenvalue weighted by molar-refractivity contribution is 5.89. The van der Waals surface area contributed by atoms with Crippen molar-refractivity contribution in [1.82, 2.24) is 20.6 Å². The highest BCUT2D eigenvalue weighted by atomic mass is 16.5. The first-order chi connectivity index (χ1) is 15.9. The minimum Gasteiger partial charge on any atom is -0.481 e. The van der Waals surface area contributed by atoms with Crippen molar-refractivity contribution in [2.75, 3.05) is 6.61 Å². The number of carbonyl (C=O) groups is 3. The second kappa shape index (κ2) is 9.56. The molecule has 0 spiro atoms. The van der Waals surface area contributed by atoms with Crippen molar-refractivity contribution < 1.29 is 24.2 Å². The molecule has 170 valence electrons. The van der Waals surface area contributed by atoms with Gasteiger partial charge in [0.15, 0.2) is 0 Å². The van der Waals surface area contributed by atoms with Gasteiger partial charge in [-0.2, -0.15) is 0 Å². The molecule has 33 heavy (non-hydrogen) atoms. The number of rotatable bonds is 8. The monoisotopic (exact) mass is 448 g/mol. The number of aromatic nitrogens is 2. The van der Waals surface area contributed by atoms with E-state index < -0.39 is 30.4 Å². The Kier molecular flexibility index (Phi) is 6.39. The van der Waals surface area contributed by atoms with Crippen LogP contribution in [0.1, 0.15) is 35.0 Å². The van der Waals surface area contributed by atoms with Crippen LogP contribution in [-0.4, -0.2) is 45.7 Å². The quantitative estimate of drug-likeness (QED) is 0.419. The van der Waals surface area contributed by atoms with E-state index in [1.807, 2.05) is 48.5 Å². The van der Waals surface area contributed by atoms with E-state index in [1.54, 1.807) is 13.1 Å². The Bertz CT molecular complexity index is 1140. The maximum Gasteiger partial charge on any atom is 0.407 e. The average Bonchev–Trinajstić information content (AvgIpc) is 3.36. The van der Waals surface area contributed by atoms with Crippen LogP contribution in [0, 0.1) is 6.92 Å². The fourth-order valence-corrected chi connectivity index (χ4v) is 4.03. The number of nitrogens with one attached hydrogen (secondary N) is 3. The molecule has 1 heterocycles. The lowest BCUT2D eigenvalue weighted by atomic mass is 9.98. The number of alkyl carbamates (subject to hydrolysis) is 1. The Balaban J connectivity index is 1.38. The van der Waals surface area contributed by atoms with Gasteiger partial charge in [0, 0.05) is 5.92 Å². The molecule has 1 unspecified atom stereocenters. The first-order valence-corrected chi connectivity index (χ1v) is 10.5. The predicted molar refractivity (Wildman–Crippen MR) is 119 cm³/mol. The van der Waals surface area contributed by atoms with E-state index in [-0.39, 0.29) is 19.1 Å². The lowest BCUT2D eigenvalue weighted by Gasteiger charge is -2.18. The Hall–Kier alpha value is -4.14. The van der Waals surface area contributed by atoms with Crippen LogP contribution in [0.25, 0.3) is 11.1 Å². The molecule has 1 aromatic heterocycles. The van der Waals surface area contributed by atoms with Crippen molar-refractivity contribution in [1.29, 1.82) is 0 Å². The number of carboxylic acids is 1. The van der Waals surface area contributed by atoms with Gasteiger partial charge in [-0.15, -0.1) is 0 Å². The number of aliphatic carboxylic acids is 1. The number of hydrogen-bond donors (Lipinski definition) is 4. The SMILES string of the molecule is Cc1ncc(CNC(=O)C(CC(=O)O)NC(=O)OCC2c3ccccc3-c3ccccc32)[nH]1. The van der Waals surface area contributed by atoms with E-state index in [2.05, 4.69) is 20.6 Å². The van der Waals surface area contributed by atoms with Gasteiger partial charge in [-0.05, 0) is 29.2 Å². The second-order valence-electron chi connectivity index (χ2n) is 7.83. The van der Waals surface area contributed by atoms with Gasteiger partial charge in [-0.25, -0.2) is 9.78 Å². The number of carbonyl (C=O) groups excluding carboxylic acids is 2.